The van der Waals surface area contributed by atoms with Gasteiger partial charge in [-0.15, -0.1) is 0 Å². The van der Waals surface area contributed by atoms with Crippen LogP contribution in [0.2, 0.25) is 0 Å². The highest BCUT2D eigenvalue weighted by Gasteiger charge is 1.98. The number of fused-ring (bicyclic) bond motifs is 2. The summed E-state index contributed by atoms with van der Waals surface area (Å²) in [6.45, 7) is 2.19. The van der Waals surface area contributed by atoms with Gasteiger partial charge in [0.1, 0.15) is 0 Å². The van der Waals surface area contributed by atoms with Gasteiger partial charge in [-0.05, 0) is 51.7 Å². The Labute approximate surface area is 95.5 Å². The standard InChI is InChI=1S/C16H13/c1-2-12-7-8-15-10-13-5-3-4-6-14(13)11-16(15)9-12/h3-4,6-11H,2H2,1H3. The number of aryl methyl sites for hydroxylation is 1. The molecular weight excluding hydrogens is 192 g/mol. The fraction of sp³-hybridized carbons (Fsp3) is 0.125. The van der Waals surface area contributed by atoms with Gasteiger partial charge in [-0.1, -0.05) is 43.3 Å². The molecular formula is C16H13. The second kappa shape index (κ2) is 3.64. The normalized spacial score (nSPS) is 11.1. The maximum atomic E-state index is 3.27. The summed E-state index contributed by atoms with van der Waals surface area (Å²) in [7, 11) is 0. The van der Waals surface area contributed by atoms with Gasteiger partial charge in [-0.25, -0.2) is 0 Å². The van der Waals surface area contributed by atoms with Gasteiger partial charge in [0.25, 0.3) is 0 Å². The summed E-state index contributed by atoms with van der Waals surface area (Å²) in [5.74, 6) is 0. The van der Waals surface area contributed by atoms with Crippen LogP contribution in [0, 0.1) is 6.07 Å². The molecule has 0 N–H and O–H groups in total. The van der Waals surface area contributed by atoms with Gasteiger partial charge in [0, 0.05) is 0 Å². The smallest absolute Gasteiger partial charge is 0.00988 e. The third-order valence-corrected chi connectivity index (χ3v) is 3.09. The molecule has 0 heteroatoms. The van der Waals surface area contributed by atoms with Crippen LogP contribution >= 0.6 is 0 Å². The van der Waals surface area contributed by atoms with Crippen molar-refractivity contribution in [2.24, 2.45) is 0 Å². The Bertz CT molecular complexity index is 650. The summed E-state index contributed by atoms with van der Waals surface area (Å²) in [5, 5.41) is 5.08. The van der Waals surface area contributed by atoms with Crippen LogP contribution in [0.25, 0.3) is 21.5 Å². The second-order valence-electron chi connectivity index (χ2n) is 4.14. The third-order valence-electron chi connectivity index (χ3n) is 3.09. The van der Waals surface area contributed by atoms with Crippen molar-refractivity contribution in [2.45, 2.75) is 13.3 Å². The molecule has 0 aliphatic heterocycles. The number of rotatable bonds is 1. The van der Waals surface area contributed by atoms with E-state index in [9.17, 15) is 0 Å². The monoisotopic (exact) mass is 205 g/mol. The van der Waals surface area contributed by atoms with Crippen LogP contribution in [-0.2, 0) is 6.42 Å². The average Bonchev–Trinajstić information content (AvgIpc) is 2.35. The van der Waals surface area contributed by atoms with Gasteiger partial charge in [0.2, 0.25) is 0 Å². The molecule has 16 heavy (non-hydrogen) atoms. The van der Waals surface area contributed by atoms with Crippen molar-refractivity contribution in [3.05, 3.63) is 60.2 Å². The van der Waals surface area contributed by atoms with E-state index in [2.05, 4.69) is 49.4 Å². The van der Waals surface area contributed by atoms with Crippen molar-refractivity contribution >= 4 is 21.5 Å². The van der Waals surface area contributed by atoms with Gasteiger partial charge in [0.05, 0.1) is 0 Å². The zero-order chi connectivity index (χ0) is 11.0. The lowest BCUT2D eigenvalue weighted by atomic mass is 10.0. The molecule has 0 aromatic heterocycles. The summed E-state index contributed by atoms with van der Waals surface area (Å²) < 4.78 is 0. The van der Waals surface area contributed by atoms with E-state index >= 15 is 0 Å². The van der Waals surface area contributed by atoms with Crippen LogP contribution < -0.4 is 0 Å². The quantitative estimate of drug-likeness (QED) is 0.518. The molecule has 3 aromatic carbocycles. The van der Waals surface area contributed by atoms with E-state index < -0.39 is 0 Å². The summed E-state index contributed by atoms with van der Waals surface area (Å²) in [6, 6.07) is 20.6. The van der Waals surface area contributed by atoms with Gasteiger partial charge in [-0.3, -0.25) is 0 Å². The van der Waals surface area contributed by atoms with Crippen LogP contribution in [-0.4, -0.2) is 0 Å². The Balaban J connectivity index is 2.37. The number of hydrogen-bond acceptors (Lipinski definition) is 0. The van der Waals surface area contributed by atoms with Crippen molar-refractivity contribution in [2.75, 3.05) is 0 Å². The molecule has 0 saturated carbocycles. The van der Waals surface area contributed by atoms with Gasteiger partial charge < -0.3 is 0 Å². The zero-order valence-corrected chi connectivity index (χ0v) is 9.33. The predicted octanol–water partition coefficient (Wildman–Crippen LogP) is 4.36. The van der Waals surface area contributed by atoms with Crippen molar-refractivity contribution in [1.29, 1.82) is 0 Å². The first-order valence-electron chi connectivity index (χ1n) is 5.70. The molecule has 3 aromatic rings. The number of benzene rings is 3. The maximum Gasteiger partial charge on any atom is -0.00988 e. The summed E-state index contributed by atoms with van der Waals surface area (Å²) >= 11 is 0. The molecule has 1 radical (unpaired) electrons. The van der Waals surface area contributed by atoms with Crippen LogP contribution in [0.4, 0.5) is 0 Å². The van der Waals surface area contributed by atoms with E-state index in [-0.39, 0.29) is 0 Å². The molecule has 0 fully saturated rings. The van der Waals surface area contributed by atoms with Crippen molar-refractivity contribution in [1.82, 2.24) is 0 Å². The van der Waals surface area contributed by atoms with Crippen LogP contribution in [0.3, 0.4) is 0 Å². The third kappa shape index (κ3) is 1.47. The number of hydrogen-bond donors (Lipinski definition) is 0. The Morgan fingerprint density at radius 3 is 2.75 bits per heavy atom. The summed E-state index contributed by atoms with van der Waals surface area (Å²) in [5.41, 5.74) is 1.40. The Morgan fingerprint density at radius 1 is 0.938 bits per heavy atom. The lowest BCUT2D eigenvalue weighted by molar-refractivity contribution is 1.15. The minimum Gasteiger partial charge on any atom is -0.0613 e. The highest BCUT2D eigenvalue weighted by Crippen LogP contribution is 2.23. The lowest BCUT2D eigenvalue weighted by Gasteiger charge is -2.03. The van der Waals surface area contributed by atoms with Crippen molar-refractivity contribution in [3.63, 3.8) is 0 Å². The van der Waals surface area contributed by atoms with Crippen LogP contribution in [0.5, 0.6) is 0 Å². The molecule has 3 rings (SSSR count). The minimum absolute atomic E-state index is 1.09. The maximum absolute atomic E-state index is 3.27. The highest BCUT2D eigenvalue weighted by molar-refractivity contribution is 5.98. The molecule has 0 nitrogen and oxygen atoms in total. The van der Waals surface area contributed by atoms with E-state index in [1.54, 1.807) is 0 Å². The largest absolute Gasteiger partial charge is 0.0613 e. The molecule has 0 atom stereocenters. The lowest BCUT2D eigenvalue weighted by Crippen LogP contribution is -1.81. The highest BCUT2D eigenvalue weighted by atomic mass is 14.0. The van der Waals surface area contributed by atoms with E-state index in [4.69, 9.17) is 0 Å². The molecule has 0 aliphatic rings. The summed E-state index contributed by atoms with van der Waals surface area (Å²) in [6.07, 6.45) is 1.09. The molecule has 0 saturated heterocycles. The molecule has 0 spiro atoms. The Kier molecular flexibility index (Phi) is 2.14. The van der Waals surface area contributed by atoms with Crippen LogP contribution in [0.1, 0.15) is 12.5 Å². The first-order valence-corrected chi connectivity index (χ1v) is 5.70. The molecule has 0 amide bonds. The van der Waals surface area contributed by atoms with Crippen molar-refractivity contribution < 1.29 is 0 Å². The van der Waals surface area contributed by atoms with Gasteiger partial charge >= 0.3 is 0 Å². The van der Waals surface area contributed by atoms with Crippen LogP contribution in [0.15, 0.2) is 48.5 Å². The minimum atomic E-state index is 1.09. The molecule has 77 valence electrons. The van der Waals surface area contributed by atoms with Crippen molar-refractivity contribution in [3.8, 4) is 0 Å². The first-order chi connectivity index (χ1) is 7.86. The fourth-order valence-corrected chi connectivity index (χ4v) is 2.14. The first kappa shape index (κ1) is 9.41. The van der Waals surface area contributed by atoms with E-state index in [1.165, 1.54) is 27.1 Å². The molecule has 0 unspecified atom stereocenters. The molecule has 0 bridgehead atoms. The second-order valence-corrected chi connectivity index (χ2v) is 4.14. The summed E-state index contributed by atoms with van der Waals surface area (Å²) in [4.78, 5) is 0. The average molecular weight is 205 g/mol. The topological polar surface area (TPSA) is 0 Å². The Hall–Kier alpha value is -1.82. The van der Waals surface area contributed by atoms with Gasteiger partial charge in [-0.2, -0.15) is 0 Å². The van der Waals surface area contributed by atoms with Gasteiger partial charge in [0.15, 0.2) is 0 Å². The predicted molar refractivity (Wildman–Crippen MR) is 69.7 cm³/mol. The van der Waals surface area contributed by atoms with E-state index in [1.807, 2.05) is 12.1 Å². The molecule has 0 aliphatic carbocycles. The van der Waals surface area contributed by atoms with E-state index in [0.717, 1.165) is 6.42 Å². The SMILES string of the molecule is CCc1ccc2cc3[c]cccc3cc2c1. The fourth-order valence-electron chi connectivity index (χ4n) is 2.14. The molecule has 0 heterocycles. The van der Waals surface area contributed by atoms with E-state index in [0.29, 0.717) is 0 Å². The zero-order valence-electron chi connectivity index (χ0n) is 9.33. The Morgan fingerprint density at radius 2 is 1.88 bits per heavy atom.